The average Bonchev–Trinajstić information content (AvgIpc) is 2.30. The minimum atomic E-state index is 0.0942. The van der Waals surface area contributed by atoms with Crippen molar-refractivity contribution in [1.29, 1.82) is 0 Å². The van der Waals surface area contributed by atoms with E-state index in [-0.39, 0.29) is 5.56 Å². The van der Waals surface area contributed by atoms with Gasteiger partial charge in [0.15, 0.2) is 0 Å². The minimum absolute atomic E-state index is 0.0942. The lowest BCUT2D eigenvalue weighted by Crippen LogP contribution is -2.29. The summed E-state index contributed by atoms with van der Waals surface area (Å²) < 4.78 is 6.73. The van der Waals surface area contributed by atoms with Gasteiger partial charge in [0, 0.05) is 44.6 Å². The first-order valence-electron chi connectivity index (χ1n) is 6.05. The fraction of sp³-hybridized carbons (Fsp3) is 0.615. The third-order valence-corrected chi connectivity index (χ3v) is 2.55. The van der Waals surface area contributed by atoms with Crippen LogP contribution in [0.1, 0.15) is 25.8 Å². The van der Waals surface area contributed by atoms with Crippen molar-refractivity contribution in [3.63, 3.8) is 0 Å². The molecule has 0 bridgehead atoms. The second-order valence-corrected chi connectivity index (χ2v) is 4.41. The maximum Gasteiger partial charge on any atom is 0.255 e. The molecule has 96 valence electrons. The predicted octanol–water partition coefficient (Wildman–Crippen LogP) is 1.38. The number of hydrogen-bond acceptors (Lipinski definition) is 3. The second kappa shape index (κ2) is 7.25. The Hall–Kier alpha value is -1.13. The molecule has 1 rings (SSSR count). The van der Waals surface area contributed by atoms with Crippen LogP contribution in [0.4, 0.5) is 0 Å². The summed E-state index contributed by atoms with van der Waals surface area (Å²) in [4.78, 5) is 12.1. The van der Waals surface area contributed by atoms with Crippen LogP contribution in [-0.2, 0) is 17.8 Å². The van der Waals surface area contributed by atoms with Gasteiger partial charge in [0.05, 0.1) is 0 Å². The molecule has 0 aliphatic rings. The van der Waals surface area contributed by atoms with Crippen LogP contribution in [0.5, 0.6) is 0 Å². The highest BCUT2D eigenvalue weighted by Crippen LogP contribution is 1.95. The van der Waals surface area contributed by atoms with Gasteiger partial charge in [0.1, 0.15) is 0 Å². The maximum absolute atomic E-state index is 12.1. The number of methoxy groups -OCH3 is 1. The van der Waals surface area contributed by atoms with E-state index in [0.29, 0.717) is 25.7 Å². The molecule has 1 N–H and O–H groups in total. The Morgan fingerprint density at radius 1 is 1.47 bits per heavy atom. The zero-order valence-corrected chi connectivity index (χ0v) is 10.9. The molecule has 0 fully saturated rings. The summed E-state index contributed by atoms with van der Waals surface area (Å²) in [6.07, 6.45) is 2.69. The van der Waals surface area contributed by atoms with E-state index in [1.807, 2.05) is 18.3 Å². The topological polar surface area (TPSA) is 43.3 Å². The highest BCUT2D eigenvalue weighted by molar-refractivity contribution is 5.10. The summed E-state index contributed by atoms with van der Waals surface area (Å²) in [5.74, 6) is 0. The fourth-order valence-corrected chi connectivity index (χ4v) is 1.59. The molecule has 0 radical (unpaired) electrons. The van der Waals surface area contributed by atoms with Crippen LogP contribution in [0.25, 0.3) is 0 Å². The van der Waals surface area contributed by atoms with Crippen molar-refractivity contribution in [3.8, 4) is 0 Å². The lowest BCUT2D eigenvalue weighted by molar-refractivity contribution is 0.190. The van der Waals surface area contributed by atoms with Crippen molar-refractivity contribution < 1.29 is 4.74 Å². The molecule has 1 aromatic heterocycles. The molecule has 4 heteroatoms. The van der Waals surface area contributed by atoms with Gasteiger partial charge in [-0.05, 0) is 12.5 Å². The van der Waals surface area contributed by atoms with Gasteiger partial charge in [-0.1, -0.05) is 19.9 Å². The first-order valence-corrected chi connectivity index (χ1v) is 6.05. The Kier molecular flexibility index (Phi) is 5.94. The Morgan fingerprint density at radius 2 is 2.24 bits per heavy atom. The molecule has 0 amide bonds. The first-order chi connectivity index (χ1) is 8.15. The predicted molar refractivity (Wildman–Crippen MR) is 69.2 cm³/mol. The molecule has 0 spiro atoms. The Labute approximate surface area is 103 Å². The number of nitrogens with one attached hydrogen (secondary N) is 1. The van der Waals surface area contributed by atoms with E-state index in [0.717, 1.165) is 12.0 Å². The molecule has 0 aliphatic carbocycles. The molecular formula is C13H22N2O2. The summed E-state index contributed by atoms with van der Waals surface area (Å²) in [6.45, 7) is 6.16. The van der Waals surface area contributed by atoms with Crippen LogP contribution in [0, 0.1) is 0 Å². The van der Waals surface area contributed by atoms with Gasteiger partial charge < -0.3 is 14.6 Å². The monoisotopic (exact) mass is 238 g/mol. The highest BCUT2D eigenvalue weighted by Gasteiger charge is 2.03. The van der Waals surface area contributed by atoms with Crippen molar-refractivity contribution in [2.75, 3.05) is 13.7 Å². The second-order valence-electron chi connectivity index (χ2n) is 4.41. The molecule has 0 aliphatic heterocycles. The molecule has 0 saturated heterocycles. The van der Waals surface area contributed by atoms with Crippen molar-refractivity contribution in [2.24, 2.45) is 0 Å². The SMILES string of the molecule is COCCCn1cccc(CNC(C)C)c1=O. The van der Waals surface area contributed by atoms with Crippen LogP contribution in [0.3, 0.4) is 0 Å². The van der Waals surface area contributed by atoms with Crippen LogP contribution in [0.2, 0.25) is 0 Å². The molecule has 0 unspecified atom stereocenters. The first kappa shape index (κ1) is 13.9. The van der Waals surface area contributed by atoms with E-state index in [1.165, 1.54) is 0 Å². The van der Waals surface area contributed by atoms with E-state index >= 15 is 0 Å². The maximum atomic E-state index is 12.1. The molecule has 1 heterocycles. The van der Waals surface area contributed by atoms with E-state index in [4.69, 9.17) is 4.74 Å². The lowest BCUT2D eigenvalue weighted by atomic mass is 10.2. The summed E-state index contributed by atoms with van der Waals surface area (Å²) in [6, 6.07) is 4.19. The highest BCUT2D eigenvalue weighted by atomic mass is 16.5. The van der Waals surface area contributed by atoms with Gasteiger partial charge in [-0.3, -0.25) is 4.79 Å². The third-order valence-electron chi connectivity index (χ3n) is 2.55. The van der Waals surface area contributed by atoms with Gasteiger partial charge in [0.25, 0.3) is 5.56 Å². The molecule has 0 aromatic carbocycles. The van der Waals surface area contributed by atoms with Gasteiger partial charge in [-0.2, -0.15) is 0 Å². The minimum Gasteiger partial charge on any atom is -0.385 e. The molecule has 0 atom stereocenters. The summed E-state index contributed by atoms with van der Waals surface area (Å²) in [7, 11) is 1.67. The van der Waals surface area contributed by atoms with Crippen molar-refractivity contribution >= 4 is 0 Å². The Morgan fingerprint density at radius 3 is 2.88 bits per heavy atom. The molecular weight excluding hydrogens is 216 g/mol. The number of pyridine rings is 1. The number of ether oxygens (including phenoxy) is 1. The Bertz CT molecular complexity index is 385. The van der Waals surface area contributed by atoms with Crippen LogP contribution >= 0.6 is 0 Å². The average molecular weight is 238 g/mol. The Balaban J connectivity index is 2.66. The zero-order valence-electron chi connectivity index (χ0n) is 10.9. The molecule has 1 aromatic rings. The zero-order chi connectivity index (χ0) is 12.7. The third kappa shape index (κ3) is 4.71. The van der Waals surface area contributed by atoms with Crippen molar-refractivity contribution in [3.05, 3.63) is 34.2 Å². The summed E-state index contributed by atoms with van der Waals surface area (Å²) >= 11 is 0. The normalized spacial score (nSPS) is 11.1. The number of aryl methyl sites for hydroxylation is 1. The quantitative estimate of drug-likeness (QED) is 0.730. The van der Waals surface area contributed by atoms with Crippen LogP contribution < -0.4 is 10.9 Å². The van der Waals surface area contributed by atoms with Gasteiger partial charge in [-0.15, -0.1) is 0 Å². The van der Waals surface area contributed by atoms with E-state index < -0.39 is 0 Å². The van der Waals surface area contributed by atoms with E-state index in [9.17, 15) is 4.79 Å². The number of rotatable bonds is 7. The van der Waals surface area contributed by atoms with Crippen molar-refractivity contribution in [1.82, 2.24) is 9.88 Å². The number of nitrogens with zero attached hydrogens (tertiary/aromatic N) is 1. The molecule has 4 nitrogen and oxygen atoms in total. The lowest BCUT2D eigenvalue weighted by Gasteiger charge is -2.10. The molecule has 0 saturated carbocycles. The smallest absolute Gasteiger partial charge is 0.255 e. The van der Waals surface area contributed by atoms with Crippen LogP contribution in [0.15, 0.2) is 23.1 Å². The number of aromatic nitrogens is 1. The summed E-state index contributed by atoms with van der Waals surface area (Å²) in [5, 5.41) is 3.26. The summed E-state index contributed by atoms with van der Waals surface area (Å²) in [5.41, 5.74) is 0.912. The van der Waals surface area contributed by atoms with Crippen LogP contribution in [-0.4, -0.2) is 24.3 Å². The largest absolute Gasteiger partial charge is 0.385 e. The van der Waals surface area contributed by atoms with E-state index in [2.05, 4.69) is 19.2 Å². The van der Waals surface area contributed by atoms with Gasteiger partial charge in [0.2, 0.25) is 0 Å². The van der Waals surface area contributed by atoms with Crippen molar-refractivity contribution in [2.45, 2.75) is 39.4 Å². The molecule has 17 heavy (non-hydrogen) atoms. The van der Waals surface area contributed by atoms with Gasteiger partial charge >= 0.3 is 0 Å². The fourth-order valence-electron chi connectivity index (χ4n) is 1.59. The van der Waals surface area contributed by atoms with Gasteiger partial charge in [-0.25, -0.2) is 0 Å². The number of hydrogen-bond donors (Lipinski definition) is 1. The van der Waals surface area contributed by atoms with E-state index in [1.54, 1.807) is 11.7 Å². The standard InChI is InChI=1S/C13H22N2O2/c1-11(2)14-10-12-6-4-7-15(13(12)16)8-5-9-17-3/h4,6-7,11,14H,5,8-10H2,1-3H3.